The third kappa shape index (κ3) is 1.82. The largest absolute Gasteiger partial charge is 0.504 e. The van der Waals surface area contributed by atoms with Crippen LogP contribution in [0.1, 0.15) is 5.69 Å². The number of rotatable bonds is 0. The van der Waals surface area contributed by atoms with Crippen molar-refractivity contribution in [2.45, 2.75) is 13.2 Å². The van der Waals surface area contributed by atoms with Crippen LogP contribution in [0, 0.1) is 6.92 Å². The van der Waals surface area contributed by atoms with Crippen molar-refractivity contribution < 1.29 is 13.2 Å². The van der Waals surface area contributed by atoms with Gasteiger partial charge >= 0.3 is 6.30 Å². The molecule has 0 aliphatic carbocycles. The van der Waals surface area contributed by atoms with Crippen molar-refractivity contribution in [1.29, 1.82) is 0 Å². The molecule has 0 fully saturated rings. The van der Waals surface area contributed by atoms with Crippen LogP contribution in [0.3, 0.4) is 0 Å². The molecule has 0 aromatic carbocycles. The Labute approximate surface area is 72.8 Å². The van der Waals surface area contributed by atoms with E-state index in [1.54, 1.807) is 0 Å². The number of nitrogens with two attached hydrogens (primary N) is 1. The molecule has 0 radical (unpaired) electrons. The summed E-state index contributed by atoms with van der Waals surface area (Å²) in [5.41, 5.74) is 5.11. The van der Waals surface area contributed by atoms with Gasteiger partial charge < -0.3 is 5.73 Å². The Morgan fingerprint density at radius 2 is 2.00 bits per heavy atom. The Morgan fingerprint density at radius 3 is 2.17 bits per heavy atom. The first kappa shape index (κ1) is 11.1. The summed E-state index contributed by atoms with van der Waals surface area (Å²) >= 11 is 0. The van der Waals surface area contributed by atoms with Gasteiger partial charge in [-0.25, -0.2) is 0 Å². The molecule has 1 heterocycles. The van der Waals surface area contributed by atoms with Gasteiger partial charge in [-0.15, -0.1) is 25.6 Å². The fourth-order valence-electron chi connectivity index (χ4n) is 0.678. The molecule has 0 spiro atoms. The van der Waals surface area contributed by atoms with Crippen molar-refractivity contribution in [3.63, 3.8) is 0 Å². The van der Waals surface area contributed by atoms with Crippen LogP contribution in [0.4, 0.5) is 18.9 Å². The molecule has 1 rings (SSSR count). The van der Waals surface area contributed by atoms with Gasteiger partial charge in [0.05, 0.1) is 17.6 Å². The quantitative estimate of drug-likeness (QED) is 0.694. The van der Waals surface area contributed by atoms with Crippen LogP contribution in [0.15, 0.2) is 6.20 Å². The van der Waals surface area contributed by atoms with Gasteiger partial charge in [0, 0.05) is 0 Å². The molecule has 0 aliphatic heterocycles. The van der Waals surface area contributed by atoms with E-state index < -0.39 is 6.30 Å². The fraction of sp³-hybridized carbons (Fsp3) is 0.400. The second kappa shape index (κ2) is 3.22. The standard InChI is InChI=1S/C5H6F3N3.ClH/c1-3-4(9)2-10-11(3)5(6,7)8;/h2H,9H2,1H3;1H. The van der Waals surface area contributed by atoms with E-state index in [0.717, 1.165) is 6.20 Å². The first-order valence-corrected chi connectivity index (χ1v) is 2.80. The van der Waals surface area contributed by atoms with Crippen molar-refractivity contribution in [2.75, 3.05) is 5.73 Å². The lowest BCUT2D eigenvalue weighted by Crippen LogP contribution is -2.19. The summed E-state index contributed by atoms with van der Waals surface area (Å²) < 4.78 is 35.7. The first-order valence-electron chi connectivity index (χ1n) is 2.80. The Bertz CT molecular complexity index is 267. The molecular formula is C5H7ClF3N3. The minimum Gasteiger partial charge on any atom is -0.396 e. The Balaban J connectivity index is 0.00000121. The molecule has 70 valence electrons. The highest BCUT2D eigenvalue weighted by Gasteiger charge is 2.33. The SMILES string of the molecule is Cc1c(N)cnn1C(F)(F)F.Cl. The maximum Gasteiger partial charge on any atom is 0.504 e. The number of aromatic nitrogens is 2. The molecular weight excluding hydrogens is 195 g/mol. The van der Waals surface area contributed by atoms with Gasteiger partial charge in [0.15, 0.2) is 0 Å². The van der Waals surface area contributed by atoms with Crippen molar-refractivity contribution in [2.24, 2.45) is 0 Å². The van der Waals surface area contributed by atoms with Gasteiger partial charge in [0.2, 0.25) is 0 Å². The van der Waals surface area contributed by atoms with Crippen LogP contribution in [0.5, 0.6) is 0 Å². The smallest absolute Gasteiger partial charge is 0.396 e. The molecule has 2 N–H and O–H groups in total. The normalized spacial score (nSPS) is 11.0. The van der Waals surface area contributed by atoms with Crippen LogP contribution in [-0.4, -0.2) is 9.78 Å². The maximum absolute atomic E-state index is 11.9. The topological polar surface area (TPSA) is 43.8 Å². The highest BCUT2D eigenvalue weighted by molar-refractivity contribution is 5.85. The van der Waals surface area contributed by atoms with E-state index in [4.69, 9.17) is 5.73 Å². The Morgan fingerprint density at radius 1 is 1.50 bits per heavy atom. The summed E-state index contributed by atoms with van der Waals surface area (Å²) in [6.07, 6.45) is -3.50. The van der Waals surface area contributed by atoms with E-state index in [0.29, 0.717) is 0 Å². The third-order valence-electron chi connectivity index (χ3n) is 1.29. The molecule has 12 heavy (non-hydrogen) atoms. The van der Waals surface area contributed by atoms with Crippen molar-refractivity contribution >= 4 is 18.1 Å². The molecule has 3 nitrogen and oxygen atoms in total. The van der Waals surface area contributed by atoms with Crippen molar-refractivity contribution in [3.05, 3.63) is 11.9 Å². The third-order valence-corrected chi connectivity index (χ3v) is 1.29. The molecule has 0 amide bonds. The van der Waals surface area contributed by atoms with Crippen LogP contribution in [-0.2, 0) is 6.30 Å². The van der Waals surface area contributed by atoms with Crippen molar-refractivity contribution in [1.82, 2.24) is 9.78 Å². The van der Waals surface area contributed by atoms with E-state index in [9.17, 15) is 13.2 Å². The minimum atomic E-state index is -4.47. The van der Waals surface area contributed by atoms with Crippen LogP contribution in [0.25, 0.3) is 0 Å². The summed E-state index contributed by atoms with van der Waals surface area (Å²) in [6.45, 7) is 1.26. The molecule has 0 bridgehead atoms. The monoisotopic (exact) mass is 201 g/mol. The number of nitrogens with zero attached hydrogens (tertiary/aromatic N) is 2. The first-order chi connectivity index (χ1) is 4.93. The number of nitrogen functional groups attached to an aromatic ring is 1. The maximum atomic E-state index is 11.9. The van der Waals surface area contributed by atoms with E-state index in [1.807, 2.05) is 0 Å². The zero-order chi connectivity index (χ0) is 8.65. The molecule has 1 aromatic rings. The van der Waals surface area contributed by atoms with E-state index >= 15 is 0 Å². The van der Waals surface area contributed by atoms with E-state index in [1.165, 1.54) is 6.92 Å². The number of hydrogen-bond acceptors (Lipinski definition) is 2. The zero-order valence-corrected chi connectivity index (χ0v) is 6.91. The van der Waals surface area contributed by atoms with Gasteiger partial charge in [-0.3, -0.25) is 0 Å². The minimum absolute atomic E-state index is 0. The van der Waals surface area contributed by atoms with Gasteiger partial charge in [-0.2, -0.15) is 9.78 Å². The van der Waals surface area contributed by atoms with Gasteiger partial charge in [-0.1, -0.05) is 0 Å². The predicted molar refractivity (Wildman–Crippen MR) is 39.9 cm³/mol. The lowest BCUT2D eigenvalue weighted by Gasteiger charge is -2.07. The lowest BCUT2D eigenvalue weighted by atomic mass is 10.4. The number of anilines is 1. The fourth-order valence-corrected chi connectivity index (χ4v) is 0.678. The van der Waals surface area contributed by atoms with Crippen LogP contribution < -0.4 is 5.73 Å². The Kier molecular flexibility index (Phi) is 2.98. The van der Waals surface area contributed by atoms with Crippen molar-refractivity contribution in [3.8, 4) is 0 Å². The lowest BCUT2D eigenvalue weighted by molar-refractivity contribution is -0.213. The zero-order valence-electron chi connectivity index (χ0n) is 6.09. The molecule has 0 aliphatic rings. The molecule has 1 aromatic heterocycles. The van der Waals surface area contributed by atoms with E-state index in [2.05, 4.69) is 5.10 Å². The molecule has 0 saturated carbocycles. The number of alkyl halides is 3. The average Bonchev–Trinajstić information content (AvgIpc) is 2.11. The molecule has 7 heteroatoms. The highest BCUT2D eigenvalue weighted by atomic mass is 35.5. The van der Waals surface area contributed by atoms with Crippen LogP contribution >= 0.6 is 12.4 Å². The van der Waals surface area contributed by atoms with Gasteiger partial charge in [-0.05, 0) is 6.92 Å². The second-order valence-corrected chi connectivity index (χ2v) is 2.06. The predicted octanol–water partition coefficient (Wildman–Crippen LogP) is 1.67. The average molecular weight is 202 g/mol. The van der Waals surface area contributed by atoms with Gasteiger partial charge in [0.1, 0.15) is 0 Å². The van der Waals surface area contributed by atoms with E-state index in [-0.39, 0.29) is 28.5 Å². The molecule has 0 atom stereocenters. The van der Waals surface area contributed by atoms with Crippen LogP contribution in [0.2, 0.25) is 0 Å². The number of halogens is 4. The number of hydrogen-bond donors (Lipinski definition) is 1. The summed E-state index contributed by atoms with van der Waals surface area (Å²) in [5, 5.41) is 3.05. The molecule has 0 saturated heterocycles. The summed E-state index contributed by atoms with van der Waals surface area (Å²) in [4.78, 5) is 0. The summed E-state index contributed by atoms with van der Waals surface area (Å²) in [6, 6.07) is 0. The highest BCUT2D eigenvalue weighted by Crippen LogP contribution is 2.24. The summed E-state index contributed by atoms with van der Waals surface area (Å²) in [7, 11) is 0. The Hall–Kier alpha value is -0.910. The second-order valence-electron chi connectivity index (χ2n) is 2.06. The van der Waals surface area contributed by atoms with Gasteiger partial charge in [0.25, 0.3) is 0 Å². The summed E-state index contributed by atoms with van der Waals surface area (Å²) in [5.74, 6) is 0. The molecule has 0 unspecified atom stereocenters.